The molecule has 1 amide bonds. The lowest BCUT2D eigenvalue weighted by molar-refractivity contribution is -0.115. The zero-order valence-corrected chi connectivity index (χ0v) is 17.5. The largest absolute Gasteiger partial charge is 0.495 e. The van der Waals surface area contributed by atoms with Crippen molar-refractivity contribution < 1.29 is 9.53 Å². The number of ether oxygens (including phenoxy) is 1. The maximum absolute atomic E-state index is 12.8. The predicted molar refractivity (Wildman–Crippen MR) is 113 cm³/mol. The molecule has 0 saturated carbocycles. The van der Waals surface area contributed by atoms with Crippen molar-refractivity contribution in [3.8, 4) is 11.4 Å². The van der Waals surface area contributed by atoms with Crippen molar-refractivity contribution in [3.05, 3.63) is 59.4 Å². The Hall–Kier alpha value is -2.80. The normalized spacial score (nSPS) is 11.9. The lowest BCUT2D eigenvalue weighted by Crippen LogP contribution is -2.24. The molecular weight excluding hydrogens is 372 g/mol. The number of carbonyl (C=O) groups excluding carboxylic acids is 1. The van der Waals surface area contributed by atoms with Crippen LogP contribution in [0.25, 0.3) is 5.69 Å². The molecule has 0 spiro atoms. The van der Waals surface area contributed by atoms with E-state index in [0.29, 0.717) is 10.9 Å². The van der Waals surface area contributed by atoms with Gasteiger partial charge in [-0.3, -0.25) is 9.36 Å². The van der Waals surface area contributed by atoms with Crippen LogP contribution in [-0.4, -0.2) is 33.0 Å². The minimum atomic E-state index is -0.349. The van der Waals surface area contributed by atoms with Crippen LogP contribution >= 0.6 is 11.8 Å². The fraction of sp³-hybridized carbons (Fsp3) is 0.286. The molecule has 28 heavy (non-hydrogen) atoms. The number of nitrogens with zero attached hydrogens (tertiary/aromatic N) is 3. The number of aryl methyl sites for hydroxylation is 3. The maximum atomic E-state index is 12.8. The van der Waals surface area contributed by atoms with E-state index >= 15 is 0 Å². The van der Waals surface area contributed by atoms with Gasteiger partial charge in [0.15, 0.2) is 5.16 Å². The number of methoxy groups -OCH3 is 1. The second-order valence-electron chi connectivity index (χ2n) is 6.68. The standard InChI is InChI=1S/C21H24N4O2S/c1-13-10-14(2)19(15(3)11-13)23-20(26)16(4)28-21-24-22-12-25(21)17-8-6-7-9-18(17)27-5/h6-12,16H,1-5H3,(H,23,26). The summed E-state index contributed by atoms with van der Waals surface area (Å²) in [5, 5.41) is 11.5. The van der Waals surface area contributed by atoms with Gasteiger partial charge in [0, 0.05) is 5.69 Å². The summed E-state index contributed by atoms with van der Waals surface area (Å²) in [5.74, 6) is 0.641. The van der Waals surface area contributed by atoms with Crippen LogP contribution < -0.4 is 10.1 Å². The molecule has 2 aromatic carbocycles. The van der Waals surface area contributed by atoms with Gasteiger partial charge >= 0.3 is 0 Å². The van der Waals surface area contributed by atoms with E-state index in [-0.39, 0.29) is 11.2 Å². The first-order chi connectivity index (χ1) is 13.4. The molecule has 0 radical (unpaired) electrons. The third kappa shape index (κ3) is 4.20. The number of para-hydroxylation sites is 2. The van der Waals surface area contributed by atoms with Crippen LogP contribution in [0.1, 0.15) is 23.6 Å². The fourth-order valence-electron chi connectivity index (χ4n) is 3.11. The summed E-state index contributed by atoms with van der Waals surface area (Å²) in [6.45, 7) is 7.92. The third-order valence-corrected chi connectivity index (χ3v) is 5.49. The van der Waals surface area contributed by atoms with E-state index in [2.05, 4.69) is 34.6 Å². The van der Waals surface area contributed by atoms with Gasteiger partial charge in [0.2, 0.25) is 5.91 Å². The molecular formula is C21H24N4O2S. The number of benzene rings is 2. The quantitative estimate of drug-likeness (QED) is 0.629. The Balaban J connectivity index is 1.78. The first kappa shape index (κ1) is 19.9. The molecule has 1 N–H and O–H groups in total. The Bertz CT molecular complexity index is 977. The molecule has 0 aliphatic heterocycles. The Morgan fingerprint density at radius 3 is 2.54 bits per heavy atom. The highest BCUT2D eigenvalue weighted by molar-refractivity contribution is 8.00. The molecule has 146 valence electrons. The molecule has 7 heteroatoms. The number of hydrogen-bond acceptors (Lipinski definition) is 5. The minimum absolute atomic E-state index is 0.0744. The number of thioether (sulfide) groups is 1. The van der Waals surface area contributed by atoms with Crippen molar-refractivity contribution in [3.63, 3.8) is 0 Å². The summed E-state index contributed by atoms with van der Waals surface area (Å²) >= 11 is 1.35. The lowest BCUT2D eigenvalue weighted by atomic mass is 10.1. The number of amides is 1. The van der Waals surface area contributed by atoms with Gasteiger partial charge in [-0.05, 0) is 51.0 Å². The average Bonchev–Trinajstić information content (AvgIpc) is 3.12. The van der Waals surface area contributed by atoms with E-state index in [1.54, 1.807) is 13.4 Å². The molecule has 1 atom stereocenters. The second-order valence-corrected chi connectivity index (χ2v) is 7.99. The van der Waals surface area contributed by atoms with Gasteiger partial charge in [0.1, 0.15) is 12.1 Å². The number of carbonyl (C=O) groups is 1. The predicted octanol–water partition coefficient (Wildman–Crippen LogP) is 4.32. The van der Waals surface area contributed by atoms with Gasteiger partial charge in [0.05, 0.1) is 18.0 Å². The van der Waals surface area contributed by atoms with Crippen LogP contribution in [0.5, 0.6) is 5.75 Å². The van der Waals surface area contributed by atoms with Gasteiger partial charge in [-0.15, -0.1) is 10.2 Å². The zero-order chi connectivity index (χ0) is 20.3. The second kappa shape index (κ2) is 8.48. The lowest BCUT2D eigenvalue weighted by Gasteiger charge is -2.16. The van der Waals surface area contributed by atoms with E-state index in [9.17, 15) is 4.79 Å². The number of aromatic nitrogens is 3. The Morgan fingerprint density at radius 2 is 1.86 bits per heavy atom. The zero-order valence-electron chi connectivity index (χ0n) is 16.7. The van der Waals surface area contributed by atoms with Crippen molar-refractivity contribution in [1.82, 2.24) is 14.8 Å². The van der Waals surface area contributed by atoms with Gasteiger partial charge in [-0.25, -0.2) is 0 Å². The molecule has 0 aliphatic carbocycles. The molecule has 1 aromatic heterocycles. The van der Waals surface area contributed by atoms with Crippen LogP contribution in [0.15, 0.2) is 47.9 Å². The number of hydrogen-bond donors (Lipinski definition) is 1. The first-order valence-electron chi connectivity index (χ1n) is 8.99. The van der Waals surface area contributed by atoms with Crippen molar-refractivity contribution >= 4 is 23.4 Å². The smallest absolute Gasteiger partial charge is 0.237 e. The molecule has 0 bridgehead atoms. The van der Waals surface area contributed by atoms with Crippen LogP contribution in [0.3, 0.4) is 0 Å². The van der Waals surface area contributed by atoms with E-state index < -0.39 is 0 Å². The first-order valence-corrected chi connectivity index (χ1v) is 9.87. The monoisotopic (exact) mass is 396 g/mol. The highest BCUT2D eigenvalue weighted by atomic mass is 32.2. The molecule has 0 aliphatic rings. The summed E-state index contributed by atoms with van der Waals surface area (Å²) in [5.41, 5.74) is 4.99. The number of nitrogens with one attached hydrogen (secondary N) is 1. The van der Waals surface area contributed by atoms with Crippen LogP contribution in [0.4, 0.5) is 5.69 Å². The highest BCUT2D eigenvalue weighted by Gasteiger charge is 2.20. The third-order valence-electron chi connectivity index (χ3n) is 4.44. The highest BCUT2D eigenvalue weighted by Crippen LogP contribution is 2.29. The molecule has 1 heterocycles. The van der Waals surface area contributed by atoms with Crippen LogP contribution in [-0.2, 0) is 4.79 Å². The topological polar surface area (TPSA) is 69.0 Å². The molecule has 6 nitrogen and oxygen atoms in total. The van der Waals surface area contributed by atoms with Crippen molar-refractivity contribution in [2.75, 3.05) is 12.4 Å². The van der Waals surface area contributed by atoms with Crippen LogP contribution in [0, 0.1) is 20.8 Å². The SMILES string of the molecule is COc1ccccc1-n1cnnc1SC(C)C(=O)Nc1c(C)cc(C)cc1C. The van der Waals surface area contributed by atoms with Crippen molar-refractivity contribution in [2.24, 2.45) is 0 Å². The Kier molecular flexibility index (Phi) is 6.04. The molecule has 3 aromatic rings. The summed E-state index contributed by atoms with van der Waals surface area (Å²) in [4.78, 5) is 12.8. The van der Waals surface area contributed by atoms with Gasteiger partial charge < -0.3 is 10.1 Å². The van der Waals surface area contributed by atoms with Gasteiger partial charge in [0.25, 0.3) is 0 Å². The summed E-state index contributed by atoms with van der Waals surface area (Å²) < 4.78 is 7.26. The molecule has 3 rings (SSSR count). The van der Waals surface area contributed by atoms with Gasteiger partial charge in [-0.1, -0.05) is 41.6 Å². The van der Waals surface area contributed by atoms with E-state index in [1.165, 1.54) is 17.3 Å². The van der Waals surface area contributed by atoms with Crippen molar-refractivity contribution in [1.29, 1.82) is 0 Å². The fourth-order valence-corrected chi connectivity index (χ4v) is 3.95. The number of rotatable bonds is 6. The van der Waals surface area contributed by atoms with E-state index in [0.717, 1.165) is 22.5 Å². The summed E-state index contributed by atoms with van der Waals surface area (Å²) in [6.07, 6.45) is 1.62. The molecule has 0 fully saturated rings. The Morgan fingerprint density at radius 1 is 1.18 bits per heavy atom. The molecule has 1 unspecified atom stereocenters. The maximum Gasteiger partial charge on any atom is 0.237 e. The van der Waals surface area contributed by atoms with Gasteiger partial charge in [-0.2, -0.15) is 0 Å². The van der Waals surface area contributed by atoms with E-state index in [4.69, 9.17) is 4.74 Å². The summed E-state index contributed by atoms with van der Waals surface area (Å²) in [6, 6.07) is 11.8. The minimum Gasteiger partial charge on any atom is -0.495 e. The number of anilines is 1. The van der Waals surface area contributed by atoms with E-state index in [1.807, 2.05) is 49.6 Å². The molecule has 0 saturated heterocycles. The average molecular weight is 397 g/mol. The van der Waals surface area contributed by atoms with Crippen LogP contribution in [0.2, 0.25) is 0 Å². The Labute approximate surface area is 169 Å². The van der Waals surface area contributed by atoms with Crippen molar-refractivity contribution in [2.45, 2.75) is 38.1 Å². The summed E-state index contributed by atoms with van der Waals surface area (Å²) in [7, 11) is 1.62.